The molecule has 4 aliphatic rings. The zero-order chi connectivity index (χ0) is 37.7. The van der Waals surface area contributed by atoms with Crippen LogP contribution in [0.2, 0.25) is 5.02 Å². The zero-order valence-electron chi connectivity index (χ0n) is 30.5. The third-order valence-electron chi connectivity index (χ3n) is 11.5. The van der Waals surface area contributed by atoms with Crippen LogP contribution in [0.3, 0.4) is 0 Å². The number of benzene rings is 2. The Bertz CT molecular complexity index is 2020. The van der Waals surface area contributed by atoms with Gasteiger partial charge in [0.1, 0.15) is 27.3 Å². The molecule has 2 aliphatic carbocycles. The number of nitrogens with one attached hydrogen (secondary N) is 1. The lowest BCUT2D eigenvalue weighted by atomic mass is 9.67. The number of aromatic nitrogens is 2. The molecule has 0 saturated heterocycles. The molecule has 3 heterocycles. The van der Waals surface area contributed by atoms with Crippen LogP contribution >= 0.6 is 11.6 Å². The van der Waals surface area contributed by atoms with E-state index in [0.29, 0.717) is 36.2 Å². The van der Waals surface area contributed by atoms with E-state index < -0.39 is 46.0 Å². The van der Waals surface area contributed by atoms with Crippen LogP contribution in [0.4, 0.5) is 5.69 Å². The molecule has 13 nitrogen and oxygen atoms in total. The average molecular weight is 770 g/mol. The predicted octanol–water partition coefficient (Wildman–Crippen LogP) is 4.31. The van der Waals surface area contributed by atoms with Crippen molar-refractivity contribution in [2.24, 2.45) is 29.2 Å². The third kappa shape index (κ3) is 7.40. The van der Waals surface area contributed by atoms with Crippen LogP contribution in [0.5, 0.6) is 11.6 Å². The van der Waals surface area contributed by atoms with Gasteiger partial charge in [-0.15, -0.1) is 9.46 Å². The van der Waals surface area contributed by atoms with Crippen molar-refractivity contribution in [2.75, 3.05) is 44.6 Å². The number of carbonyl (C=O) groups excluding carboxylic acids is 2. The highest BCUT2D eigenvalue weighted by Gasteiger charge is 2.46. The Balaban J connectivity index is 1.32. The Morgan fingerprint density at radius 3 is 2.72 bits per heavy atom. The monoisotopic (exact) mass is 769 g/mol. The summed E-state index contributed by atoms with van der Waals surface area (Å²) in [6.45, 7) is 3.36. The van der Waals surface area contributed by atoms with Crippen molar-refractivity contribution in [2.45, 2.75) is 69.2 Å². The van der Waals surface area contributed by atoms with E-state index in [2.05, 4.69) is 25.1 Å². The molecule has 3 aromatic rings. The van der Waals surface area contributed by atoms with Crippen LogP contribution in [0, 0.1) is 17.8 Å². The van der Waals surface area contributed by atoms with Gasteiger partial charge < -0.3 is 29.3 Å². The molecule has 2 aliphatic heterocycles. The van der Waals surface area contributed by atoms with Crippen molar-refractivity contribution in [1.82, 2.24) is 14.5 Å². The molecule has 1 spiro atoms. The molecule has 1 aromatic heterocycles. The number of amides is 2. The van der Waals surface area contributed by atoms with Crippen LogP contribution in [-0.4, -0.2) is 94.0 Å². The molecular weight excluding hydrogens is 722 g/mol. The fourth-order valence-electron chi connectivity index (χ4n) is 8.84. The number of hydrogen-bond donors (Lipinski definition) is 3. The first-order chi connectivity index (χ1) is 25.3. The summed E-state index contributed by atoms with van der Waals surface area (Å²) in [7, 11) is 0.738. The maximum absolute atomic E-state index is 14.6. The standard InChI is InChI=1S/C38H48ClN5O8S/c1-22-14-31(45)33(46)34(50-3)27-10-7-25(27)17-44-20-38(13-5-6-23-15-26(39)9-11-29(23)38)21-52-32-12-8-24(16-30(32)44)35(47)41-53(49,19-22)42-36(48)28-18-43(2)40-37(28)51-4/h8-9,11-12,15-16,18,22,25,27,31,33-34,45-46H,5-7,10,13-14,17,19-21H2,1-4H3,(H,41,42,47,48,49)/t22-,25-,27+,31+,33-,34+,38-,53?/m0/s1. The molecule has 15 heteroatoms. The van der Waals surface area contributed by atoms with E-state index in [9.17, 15) is 24.0 Å². The topological polar surface area (TPSA) is 165 Å². The van der Waals surface area contributed by atoms with Gasteiger partial charge >= 0.3 is 0 Å². The van der Waals surface area contributed by atoms with Gasteiger partial charge in [-0.2, -0.15) is 0 Å². The number of aliphatic hydroxyl groups is 2. The normalized spacial score (nSPS) is 31.6. The summed E-state index contributed by atoms with van der Waals surface area (Å²) in [5.74, 6) is -1.64. The van der Waals surface area contributed by atoms with Gasteiger partial charge in [0, 0.05) is 49.4 Å². The number of anilines is 1. The Hall–Kier alpha value is -3.69. The number of aryl methyl sites for hydroxylation is 2. The molecule has 8 atom stereocenters. The number of ether oxygens (including phenoxy) is 3. The van der Waals surface area contributed by atoms with Crippen molar-refractivity contribution in [3.8, 4) is 11.6 Å². The molecule has 2 aromatic carbocycles. The number of rotatable bonds is 4. The quantitative estimate of drug-likeness (QED) is 0.349. The number of methoxy groups -OCH3 is 2. The molecular formula is C38H48ClN5O8S. The number of carbonyl (C=O) groups is 2. The Morgan fingerprint density at radius 1 is 1.17 bits per heavy atom. The molecule has 1 saturated carbocycles. The van der Waals surface area contributed by atoms with Crippen molar-refractivity contribution < 1.29 is 38.2 Å². The number of halogens is 1. The minimum Gasteiger partial charge on any atom is -0.490 e. The van der Waals surface area contributed by atoms with Crippen molar-refractivity contribution in [3.63, 3.8) is 0 Å². The molecule has 286 valence electrons. The molecule has 3 N–H and O–H groups in total. The average Bonchev–Trinajstić information content (AvgIpc) is 3.43. The first kappa shape index (κ1) is 37.6. The molecule has 53 heavy (non-hydrogen) atoms. The minimum absolute atomic E-state index is 0.0198. The van der Waals surface area contributed by atoms with Crippen LogP contribution in [-0.2, 0) is 33.5 Å². The summed E-state index contributed by atoms with van der Waals surface area (Å²) in [6.07, 6.45) is 2.88. The van der Waals surface area contributed by atoms with Crippen molar-refractivity contribution in [3.05, 3.63) is 69.9 Å². The van der Waals surface area contributed by atoms with Crippen molar-refractivity contribution in [1.29, 1.82) is 0 Å². The highest BCUT2D eigenvalue weighted by atomic mass is 35.5. The summed E-state index contributed by atoms with van der Waals surface area (Å²) in [4.78, 5) is 29.8. The smallest absolute Gasteiger partial charge is 0.286 e. The van der Waals surface area contributed by atoms with Gasteiger partial charge in [-0.05, 0) is 97.7 Å². The highest BCUT2D eigenvalue weighted by Crippen LogP contribution is 2.47. The van der Waals surface area contributed by atoms with Gasteiger partial charge in [0.2, 0.25) is 5.88 Å². The highest BCUT2D eigenvalue weighted by molar-refractivity contribution is 7.92. The second-order valence-corrected chi connectivity index (χ2v) is 17.7. The van der Waals surface area contributed by atoms with Crippen LogP contribution < -0.4 is 19.1 Å². The molecule has 2 amide bonds. The number of aliphatic hydroxyl groups excluding tert-OH is 2. The maximum atomic E-state index is 14.6. The van der Waals surface area contributed by atoms with Gasteiger partial charge in [0.05, 0.1) is 37.4 Å². The van der Waals surface area contributed by atoms with Gasteiger partial charge in [-0.1, -0.05) is 24.6 Å². The first-order valence-electron chi connectivity index (χ1n) is 18.2. The van der Waals surface area contributed by atoms with Crippen LogP contribution in [0.25, 0.3) is 0 Å². The summed E-state index contributed by atoms with van der Waals surface area (Å²) in [5, 5.41) is 27.7. The number of nitrogens with zero attached hydrogens (tertiary/aromatic N) is 4. The molecule has 1 unspecified atom stereocenters. The van der Waals surface area contributed by atoms with Gasteiger partial charge in [-0.3, -0.25) is 19.0 Å². The lowest BCUT2D eigenvalue weighted by Crippen LogP contribution is -2.53. The summed E-state index contributed by atoms with van der Waals surface area (Å²) in [5.41, 5.74) is 2.97. The SMILES string of the molecule is COc1nn(C)cc1C(=O)NS1(=O)=NC(=O)c2ccc3c(c2)N(C[C@@H]2CC[C@H]2[C@@H](OC)[C@@H](O)[C@H](O)C[C@H](C)C1)C[C@@]1(CCCc2cc(Cl)ccc21)CO3. The van der Waals surface area contributed by atoms with E-state index in [1.54, 1.807) is 39.3 Å². The lowest BCUT2D eigenvalue weighted by Gasteiger charge is -2.47. The number of hydrogen-bond acceptors (Lipinski definition) is 10. The maximum Gasteiger partial charge on any atom is 0.286 e. The minimum atomic E-state index is -3.79. The summed E-state index contributed by atoms with van der Waals surface area (Å²) in [6, 6.07) is 11.2. The van der Waals surface area contributed by atoms with E-state index in [1.165, 1.54) is 29.1 Å². The number of fused-ring (bicyclic) bond motifs is 4. The molecule has 2 bridgehead atoms. The Labute approximate surface area is 315 Å². The Morgan fingerprint density at radius 2 is 1.98 bits per heavy atom. The first-order valence-corrected chi connectivity index (χ1v) is 20.3. The van der Waals surface area contributed by atoms with Gasteiger partial charge in [-0.25, -0.2) is 4.21 Å². The third-order valence-corrected chi connectivity index (χ3v) is 13.7. The lowest BCUT2D eigenvalue weighted by molar-refractivity contribution is -0.127. The van der Waals surface area contributed by atoms with Crippen LogP contribution in [0.1, 0.15) is 70.9 Å². The second-order valence-electron chi connectivity index (χ2n) is 15.2. The zero-order valence-corrected chi connectivity index (χ0v) is 32.1. The summed E-state index contributed by atoms with van der Waals surface area (Å²) < 4.78 is 40.5. The van der Waals surface area contributed by atoms with Gasteiger partial charge in [0.15, 0.2) is 0 Å². The predicted molar refractivity (Wildman–Crippen MR) is 200 cm³/mol. The molecule has 7 rings (SSSR count). The van der Waals surface area contributed by atoms with E-state index in [1.807, 2.05) is 12.1 Å². The fraction of sp³-hybridized carbons (Fsp3) is 0.553. The van der Waals surface area contributed by atoms with E-state index >= 15 is 0 Å². The largest absolute Gasteiger partial charge is 0.490 e. The van der Waals surface area contributed by atoms with E-state index in [-0.39, 0.29) is 46.4 Å². The Kier molecular flexibility index (Phi) is 10.5. The van der Waals surface area contributed by atoms with Crippen LogP contribution in [0.15, 0.2) is 47.0 Å². The molecule has 0 radical (unpaired) electrons. The fourth-order valence-corrected chi connectivity index (χ4v) is 10.9. The summed E-state index contributed by atoms with van der Waals surface area (Å²) >= 11 is 6.44. The van der Waals surface area contributed by atoms with E-state index in [4.69, 9.17) is 25.8 Å². The van der Waals surface area contributed by atoms with E-state index in [0.717, 1.165) is 32.1 Å². The van der Waals surface area contributed by atoms with Crippen molar-refractivity contribution >= 4 is 39.0 Å². The van der Waals surface area contributed by atoms with Gasteiger partial charge in [0.25, 0.3) is 11.8 Å². The second kappa shape index (κ2) is 14.9. The molecule has 1 fully saturated rings.